The van der Waals surface area contributed by atoms with Gasteiger partial charge in [0.15, 0.2) is 0 Å². The third-order valence-electron chi connectivity index (χ3n) is 8.68. The number of hydrogen-bond acceptors (Lipinski definition) is 3. The van der Waals surface area contributed by atoms with Gasteiger partial charge in [-0.2, -0.15) is 5.10 Å². The molecule has 7 heteroatoms. The van der Waals surface area contributed by atoms with Crippen LogP contribution >= 0.6 is 0 Å². The number of likely N-dealkylation sites (tertiary alicyclic amines) is 1. The summed E-state index contributed by atoms with van der Waals surface area (Å²) in [5, 5.41) is 11.0. The Hall–Kier alpha value is -3.61. The number of rotatable bonds is 7. The fraction of sp³-hybridized carbons (Fsp3) is 0.500. The Bertz CT molecular complexity index is 1340. The van der Waals surface area contributed by atoms with E-state index in [9.17, 15) is 9.59 Å². The van der Waals surface area contributed by atoms with Crippen molar-refractivity contribution >= 4 is 23.4 Å². The van der Waals surface area contributed by atoms with Crippen LogP contribution in [0.4, 0.5) is 16.3 Å². The average Bonchev–Trinajstić information content (AvgIpc) is 3.61. The number of nitrogens with one attached hydrogen (secondary N) is 2. The minimum absolute atomic E-state index is 0.161. The number of nitrogens with zero attached hydrogens (tertiary/aromatic N) is 3. The van der Waals surface area contributed by atoms with E-state index in [0.717, 1.165) is 61.4 Å². The SMILES string of the molecule is Cc1ccc(-n2nc(C(C)(C)C)cc2NC(=O)Nc2ccccc2CC2CCN(C(=O)CC3CCCC3)CC2)cc1. The van der Waals surface area contributed by atoms with Gasteiger partial charge in [0.25, 0.3) is 0 Å². The first-order chi connectivity index (χ1) is 19.7. The molecule has 0 bridgehead atoms. The van der Waals surface area contributed by atoms with Gasteiger partial charge in [0, 0.05) is 36.7 Å². The molecule has 3 aromatic rings. The lowest BCUT2D eigenvalue weighted by molar-refractivity contribution is -0.133. The maximum absolute atomic E-state index is 13.3. The molecular weight excluding hydrogens is 510 g/mol. The van der Waals surface area contributed by atoms with E-state index in [2.05, 4.69) is 49.3 Å². The topological polar surface area (TPSA) is 79.3 Å². The summed E-state index contributed by atoms with van der Waals surface area (Å²) in [7, 11) is 0. The van der Waals surface area contributed by atoms with Crippen LogP contribution in [0.25, 0.3) is 5.69 Å². The monoisotopic (exact) mass is 555 g/mol. The largest absolute Gasteiger partial charge is 0.343 e. The molecule has 1 saturated heterocycles. The van der Waals surface area contributed by atoms with Gasteiger partial charge in [0.2, 0.25) is 5.91 Å². The van der Waals surface area contributed by atoms with E-state index in [0.29, 0.717) is 23.6 Å². The molecule has 2 fully saturated rings. The number of urea groups is 1. The summed E-state index contributed by atoms with van der Waals surface area (Å²) in [5.74, 6) is 2.06. The van der Waals surface area contributed by atoms with Gasteiger partial charge >= 0.3 is 6.03 Å². The van der Waals surface area contributed by atoms with Gasteiger partial charge in [-0.1, -0.05) is 69.5 Å². The Kier molecular flexibility index (Phi) is 8.81. The summed E-state index contributed by atoms with van der Waals surface area (Å²) in [6, 6.07) is 17.8. The Balaban J connectivity index is 1.22. The van der Waals surface area contributed by atoms with Crippen molar-refractivity contribution < 1.29 is 9.59 Å². The first-order valence-electron chi connectivity index (χ1n) is 15.3. The van der Waals surface area contributed by atoms with Crippen LogP contribution in [0.1, 0.15) is 82.5 Å². The molecule has 1 aliphatic carbocycles. The fourth-order valence-corrected chi connectivity index (χ4v) is 6.10. The van der Waals surface area contributed by atoms with Crippen molar-refractivity contribution in [1.82, 2.24) is 14.7 Å². The van der Waals surface area contributed by atoms with E-state index in [4.69, 9.17) is 5.10 Å². The number of aromatic nitrogens is 2. The first-order valence-corrected chi connectivity index (χ1v) is 15.3. The highest BCUT2D eigenvalue weighted by atomic mass is 16.2. The smallest absolute Gasteiger partial charge is 0.324 e. The van der Waals surface area contributed by atoms with Gasteiger partial charge in [-0.15, -0.1) is 0 Å². The Labute approximate surface area is 244 Å². The second kappa shape index (κ2) is 12.5. The van der Waals surface area contributed by atoms with E-state index in [1.165, 1.54) is 31.2 Å². The molecule has 1 saturated carbocycles. The van der Waals surface area contributed by atoms with E-state index >= 15 is 0 Å². The molecule has 2 heterocycles. The van der Waals surface area contributed by atoms with Crippen LogP contribution in [0.2, 0.25) is 0 Å². The van der Waals surface area contributed by atoms with Crippen molar-refractivity contribution in [1.29, 1.82) is 0 Å². The van der Waals surface area contributed by atoms with Crippen LogP contribution in [0, 0.1) is 18.8 Å². The highest BCUT2D eigenvalue weighted by Crippen LogP contribution is 2.31. The maximum Gasteiger partial charge on any atom is 0.324 e. The highest BCUT2D eigenvalue weighted by molar-refractivity contribution is 6.00. The second-order valence-corrected chi connectivity index (χ2v) is 13.0. The lowest BCUT2D eigenvalue weighted by Crippen LogP contribution is -2.39. The standard InChI is InChI=1S/C34H45N5O2/c1-24-13-15-28(16-14-24)39-31(23-30(37-39)34(2,3)4)36-33(41)35-29-12-8-7-11-27(29)21-26-17-19-38(20-18-26)32(40)22-25-9-5-6-10-25/h7-8,11-16,23,25-26H,5-6,9-10,17-22H2,1-4H3,(H2,35,36,41). The Morgan fingerprint density at radius 2 is 1.59 bits per heavy atom. The van der Waals surface area contributed by atoms with E-state index < -0.39 is 0 Å². The summed E-state index contributed by atoms with van der Waals surface area (Å²) in [5.41, 5.74) is 4.76. The molecule has 1 aliphatic heterocycles. The number of anilines is 2. The molecule has 0 spiro atoms. The fourth-order valence-electron chi connectivity index (χ4n) is 6.10. The van der Waals surface area contributed by atoms with Crippen LogP contribution in [-0.4, -0.2) is 39.7 Å². The number of aryl methyl sites for hydroxylation is 1. The summed E-state index contributed by atoms with van der Waals surface area (Å²) in [6.45, 7) is 10.1. The van der Waals surface area contributed by atoms with Gasteiger partial charge in [0.05, 0.1) is 11.4 Å². The molecule has 1 aromatic heterocycles. The number of hydrogen-bond donors (Lipinski definition) is 2. The lowest BCUT2D eigenvalue weighted by atomic mass is 9.89. The number of carbonyl (C=O) groups is 2. The van der Waals surface area contributed by atoms with Crippen LogP contribution < -0.4 is 10.6 Å². The third-order valence-corrected chi connectivity index (χ3v) is 8.68. The van der Waals surface area contributed by atoms with Crippen LogP contribution in [0.15, 0.2) is 54.6 Å². The van der Waals surface area contributed by atoms with Crippen LogP contribution in [-0.2, 0) is 16.6 Å². The van der Waals surface area contributed by atoms with Crippen molar-refractivity contribution in [3.05, 3.63) is 71.4 Å². The van der Waals surface area contributed by atoms with Gasteiger partial charge < -0.3 is 10.2 Å². The zero-order valence-corrected chi connectivity index (χ0v) is 25.1. The van der Waals surface area contributed by atoms with Gasteiger partial charge in [-0.25, -0.2) is 9.48 Å². The van der Waals surface area contributed by atoms with Crippen LogP contribution in [0.5, 0.6) is 0 Å². The molecule has 7 nitrogen and oxygen atoms in total. The number of para-hydroxylation sites is 1. The number of amides is 3. The normalized spacial score (nSPS) is 16.6. The van der Waals surface area contributed by atoms with Gasteiger partial charge in [0.1, 0.15) is 5.82 Å². The van der Waals surface area contributed by atoms with Crippen molar-refractivity contribution in [3.63, 3.8) is 0 Å². The number of carbonyl (C=O) groups excluding carboxylic acids is 2. The summed E-state index contributed by atoms with van der Waals surface area (Å²) < 4.78 is 1.80. The minimum Gasteiger partial charge on any atom is -0.343 e. The zero-order valence-electron chi connectivity index (χ0n) is 25.1. The quantitative estimate of drug-likeness (QED) is 0.317. The lowest BCUT2D eigenvalue weighted by Gasteiger charge is -2.33. The molecule has 0 atom stereocenters. The summed E-state index contributed by atoms with van der Waals surface area (Å²) >= 11 is 0. The zero-order chi connectivity index (χ0) is 29.0. The highest BCUT2D eigenvalue weighted by Gasteiger charge is 2.27. The average molecular weight is 556 g/mol. The molecule has 3 amide bonds. The molecule has 2 N–H and O–H groups in total. The van der Waals surface area contributed by atoms with Crippen molar-refractivity contribution in [2.45, 2.75) is 84.5 Å². The van der Waals surface area contributed by atoms with Crippen molar-refractivity contribution in [3.8, 4) is 5.69 Å². The van der Waals surface area contributed by atoms with Gasteiger partial charge in [-0.3, -0.25) is 10.1 Å². The van der Waals surface area contributed by atoms with Crippen molar-refractivity contribution in [2.24, 2.45) is 11.8 Å². The third kappa shape index (κ3) is 7.38. The van der Waals surface area contributed by atoms with E-state index in [1.807, 2.05) is 48.5 Å². The predicted octanol–water partition coefficient (Wildman–Crippen LogP) is 7.48. The molecule has 2 aliphatic rings. The molecular formula is C34H45N5O2. The number of piperidine rings is 1. The predicted molar refractivity (Wildman–Crippen MR) is 166 cm³/mol. The van der Waals surface area contributed by atoms with Crippen molar-refractivity contribution in [2.75, 3.05) is 23.7 Å². The molecule has 41 heavy (non-hydrogen) atoms. The molecule has 5 rings (SSSR count). The van der Waals surface area contributed by atoms with Gasteiger partial charge in [-0.05, 0) is 74.6 Å². The summed E-state index contributed by atoms with van der Waals surface area (Å²) in [4.78, 5) is 28.1. The van der Waals surface area contributed by atoms with E-state index in [1.54, 1.807) is 4.68 Å². The Morgan fingerprint density at radius 3 is 2.27 bits per heavy atom. The molecule has 0 radical (unpaired) electrons. The summed E-state index contributed by atoms with van der Waals surface area (Å²) in [6.07, 6.45) is 8.60. The maximum atomic E-state index is 13.3. The molecule has 0 unspecified atom stereocenters. The van der Waals surface area contributed by atoms with E-state index in [-0.39, 0.29) is 11.4 Å². The Morgan fingerprint density at radius 1 is 0.902 bits per heavy atom. The molecule has 218 valence electrons. The number of benzene rings is 2. The second-order valence-electron chi connectivity index (χ2n) is 13.0. The minimum atomic E-state index is -0.293. The first kappa shape index (κ1) is 28.9. The van der Waals surface area contributed by atoms with Crippen LogP contribution in [0.3, 0.4) is 0 Å². The molecule has 2 aromatic carbocycles.